The highest BCUT2D eigenvalue weighted by Gasteiger charge is 2.28. The van der Waals surface area contributed by atoms with Crippen molar-refractivity contribution in [2.45, 2.75) is 0 Å². The zero-order chi connectivity index (χ0) is 15.6. The molecule has 0 bridgehead atoms. The third-order valence-corrected chi connectivity index (χ3v) is 2.65. The quantitative estimate of drug-likeness (QED) is 0.763. The second-order valence-corrected chi connectivity index (χ2v) is 3.90. The smallest absolute Gasteiger partial charge is 0.355 e. The molecule has 0 saturated carbocycles. The van der Waals surface area contributed by atoms with Crippen LogP contribution in [0.5, 0.6) is 0 Å². The molecular weight excluding hydrogens is 280 g/mol. The van der Waals surface area contributed by atoms with Crippen molar-refractivity contribution in [1.82, 2.24) is 9.97 Å². The highest BCUT2D eigenvalue weighted by Crippen LogP contribution is 2.28. The first-order chi connectivity index (χ1) is 9.93. The van der Waals surface area contributed by atoms with E-state index in [9.17, 15) is 19.5 Å². The summed E-state index contributed by atoms with van der Waals surface area (Å²) < 4.78 is 0. The van der Waals surface area contributed by atoms with E-state index in [2.05, 4.69) is 9.97 Å². The van der Waals surface area contributed by atoms with Gasteiger partial charge in [0, 0.05) is 18.0 Å². The molecule has 106 valence electrons. The van der Waals surface area contributed by atoms with Crippen LogP contribution in [0.25, 0.3) is 11.3 Å². The van der Waals surface area contributed by atoms with Gasteiger partial charge >= 0.3 is 17.9 Å². The van der Waals surface area contributed by atoms with E-state index in [1.165, 1.54) is 18.3 Å². The number of aromatic carboxylic acids is 3. The summed E-state index contributed by atoms with van der Waals surface area (Å²) in [5.41, 5.74) is -2.13. The molecule has 0 aliphatic heterocycles. The highest BCUT2D eigenvalue weighted by atomic mass is 16.4. The number of aromatic nitrogens is 2. The largest absolute Gasteiger partial charge is 0.478 e. The zero-order valence-corrected chi connectivity index (χ0v) is 10.3. The zero-order valence-electron chi connectivity index (χ0n) is 10.3. The molecule has 0 amide bonds. The Morgan fingerprint density at radius 1 is 0.905 bits per heavy atom. The number of carboxylic acids is 3. The van der Waals surface area contributed by atoms with E-state index in [0.29, 0.717) is 0 Å². The van der Waals surface area contributed by atoms with E-state index in [-0.39, 0.29) is 11.3 Å². The molecule has 0 aliphatic rings. The minimum absolute atomic E-state index is 0.0391. The van der Waals surface area contributed by atoms with Crippen molar-refractivity contribution in [3.8, 4) is 11.3 Å². The Hall–Kier alpha value is -3.29. The summed E-state index contributed by atoms with van der Waals surface area (Å²) in [7, 11) is 0. The summed E-state index contributed by atoms with van der Waals surface area (Å²) >= 11 is 0. The molecular formula is C13H8N2O6. The summed E-state index contributed by atoms with van der Waals surface area (Å²) in [5.74, 6) is -4.59. The van der Waals surface area contributed by atoms with Crippen molar-refractivity contribution in [3.63, 3.8) is 0 Å². The predicted octanol–water partition coefficient (Wildman–Crippen LogP) is 1.24. The van der Waals surface area contributed by atoms with Gasteiger partial charge in [0.2, 0.25) is 0 Å². The van der Waals surface area contributed by atoms with Gasteiger partial charge in [0.25, 0.3) is 0 Å². The Labute approximate surface area is 117 Å². The molecule has 0 atom stereocenters. The average Bonchev–Trinajstić information content (AvgIpc) is 2.46. The summed E-state index contributed by atoms with van der Waals surface area (Å²) in [4.78, 5) is 41.0. The first kappa shape index (κ1) is 14.1. The fourth-order valence-electron chi connectivity index (χ4n) is 1.82. The fraction of sp³-hybridized carbons (Fsp3) is 0. The van der Waals surface area contributed by atoms with Crippen molar-refractivity contribution in [2.75, 3.05) is 0 Å². The van der Waals surface area contributed by atoms with Crippen LogP contribution >= 0.6 is 0 Å². The molecule has 21 heavy (non-hydrogen) atoms. The molecule has 2 aromatic rings. The molecule has 8 nitrogen and oxygen atoms in total. The Balaban J connectivity index is 2.92. The minimum Gasteiger partial charge on any atom is -0.478 e. The molecule has 0 aromatic carbocycles. The number of carboxylic acid groups (broad SMARTS) is 3. The Morgan fingerprint density at radius 3 is 2.10 bits per heavy atom. The van der Waals surface area contributed by atoms with Crippen molar-refractivity contribution in [2.24, 2.45) is 0 Å². The minimum atomic E-state index is -1.59. The number of carbonyl (C=O) groups is 3. The van der Waals surface area contributed by atoms with Crippen LogP contribution in [0.4, 0.5) is 0 Å². The number of nitrogens with zero attached hydrogens (tertiary/aromatic N) is 2. The molecule has 0 fully saturated rings. The molecule has 0 spiro atoms. The monoisotopic (exact) mass is 288 g/mol. The predicted molar refractivity (Wildman–Crippen MR) is 68.3 cm³/mol. The molecule has 2 heterocycles. The maximum Gasteiger partial charge on any atom is 0.355 e. The van der Waals surface area contributed by atoms with E-state index in [1.807, 2.05) is 0 Å². The summed E-state index contributed by atoms with van der Waals surface area (Å²) in [6.07, 6.45) is 2.15. The van der Waals surface area contributed by atoms with E-state index < -0.39 is 34.7 Å². The third kappa shape index (κ3) is 2.54. The van der Waals surface area contributed by atoms with Crippen LogP contribution in [-0.4, -0.2) is 43.2 Å². The van der Waals surface area contributed by atoms with Crippen molar-refractivity contribution in [1.29, 1.82) is 0 Å². The Kier molecular flexibility index (Phi) is 3.61. The van der Waals surface area contributed by atoms with Gasteiger partial charge in [0.15, 0.2) is 5.69 Å². The van der Waals surface area contributed by atoms with Gasteiger partial charge in [-0.1, -0.05) is 6.07 Å². The standard InChI is InChI=1S/C13H8N2O6/c16-11(17)6-5-15-10(13(20)21)9(12(18)19)8(6)7-3-1-2-4-14-7/h1-5H,(H,16,17)(H,18,19)(H,20,21). The number of hydrogen-bond donors (Lipinski definition) is 3. The van der Waals surface area contributed by atoms with Gasteiger partial charge < -0.3 is 15.3 Å². The van der Waals surface area contributed by atoms with Gasteiger partial charge in [-0.3, -0.25) is 4.98 Å². The van der Waals surface area contributed by atoms with E-state index in [0.717, 1.165) is 6.20 Å². The first-order valence-corrected chi connectivity index (χ1v) is 5.57. The fourth-order valence-corrected chi connectivity index (χ4v) is 1.82. The number of pyridine rings is 2. The number of rotatable bonds is 4. The first-order valence-electron chi connectivity index (χ1n) is 5.57. The van der Waals surface area contributed by atoms with Gasteiger partial charge in [-0.05, 0) is 12.1 Å². The van der Waals surface area contributed by atoms with Crippen LogP contribution in [0.3, 0.4) is 0 Å². The summed E-state index contributed by atoms with van der Waals surface area (Å²) in [6, 6.07) is 4.48. The lowest BCUT2D eigenvalue weighted by Crippen LogP contribution is -2.16. The molecule has 0 aliphatic carbocycles. The Bertz CT molecular complexity index is 742. The van der Waals surface area contributed by atoms with Gasteiger partial charge in [0.1, 0.15) is 5.56 Å². The lowest BCUT2D eigenvalue weighted by molar-refractivity contribution is 0.0644. The van der Waals surface area contributed by atoms with E-state index in [1.54, 1.807) is 6.07 Å². The van der Waals surface area contributed by atoms with Gasteiger partial charge in [0.05, 0.1) is 11.3 Å². The van der Waals surface area contributed by atoms with Crippen LogP contribution < -0.4 is 0 Å². The number of hydrogen-bond acceptors (Lipinski definition) is 5. The van der Waals surface area contributed by atoms with Gasteiger partial charge in [-0.2, -0.15) is 0 Å². The second kappa shape index (κ2) is 5.37. The molecule has 0 saturated heterocycles. The molecule has 2 aromatic heterocycles. The van der Waals surface area contributed by atoms with E-state index >= 15 is 0 Å². The Morgan fingerprint density at radius 2 is 1.62 bits per heavy atom. The maximum absolute atomic E-state index is 11.4. The van der Waals surface area contributed by atoms with Crippen LogP contribution in [0.15, 0.2) is 30.6 Å². The molecule has 3 N–H and O–H groups in total. The van der Waals surface area contributed by atoms with Crippen molar-refractivity contribution >= 4 is 17.9 Å². The van der Waals surface area contributed by atoms with E-state index in [4.69, 9.17) is 10.2 Å². The van der Waals surface area contributed by atoms with Crippen LogP contribution in [-0.2, 0) is 0 Å². The lowest BCUT2D eigenvalue weighted by Gasteiger charge is -2.11. The third-order valence-electron chi connectivity index (χ3n) is 2.65. The average molecular weight is 288 g/mol. The molecule has 2 rings (SSSR count). The summed E-state index contributed by atoms with van der Waals surface area (Å²) in [5, 5.41) is 27.4. The van der Waals surface area contributed by atoms with Crippen LogP contribution in [0, 0.1) is 0 Å². The SMILES string of the molecule is O=C(O)c1cnc(C(=O)O)c(C(=O)O)c1-c1ccccn1. The highest BCUT2D eigenvalue weighted by molar-refractivity contribution is 6.09. The molecule has 8 heteroatoms. The molecule has 0 unspecified atom stereocenters. The maximum atomic E-state index is 11.4. The van der Waals surface area contributed by atoms with Gasteiger partial charge in [-0.25, -0.2) is 19.4 Å². The topological polar surface area (TPSA) is 138 Å². The van der Waals surface area contributed by atoms with Crippen LogP contribution in [0.1, 0.15) is 31.2 Å². The van der Waals surface area contributed by atoms with Crippen molar-refractivity contribution in [3.05, 3.63) is 47.4 Å². The summed E-state index contributed by atoms with van der Waals surface area (Å²) in [6.45, 7) is 0. The van der Waals surface area contributed by atoms with Gasteiger partial charge in [-0.15, -0.1) is 0 Å². The van der Waals surface area contributed by atoms with Crippen molar-refractivity contribution < 1.29 is 29.7 Å². The second-order valence-electron chi connectivity index (χ2n) is 3.90. The normalized spacial score (nSPS) is 10.1. The lowest BCUT2D eigenvalue weighted by atomic mass is 9.97. The molecule has 0 radical (unpaired) electrons. The van der Waals surface area contributed by atoms with Crippen LogP contribution in [0.2, 0.25) is 0 Å².